The first-order valence-corrected chi connectivity index (χ1v) is 5.75. The third kappa shape index (κ3) is 3.22. The molecular weight excluding hydrogens is 208 g/mol. The minimum atomic E-state index is 0.874. The molecule has 0 atom stereocenters. The summed E-state index contributed by atoms with van der Waals surface area (Å²) in [6.07, 6.45) is 7.95. The van der Waals surface area contributed by atoms with Crippen LogP contribution in [-0.2, 0) is 0 Å². The molecule has 0 amide bonds. The summed E-state index contributed by atoms with van der Waals surface area (Å²) in [7, 11) is 0. The van der Waals surface area contributed by atoms with Crippen molar-refractivity contribution in [2.45, 2.75) is 13.8 Å². The number of allylic oxidation sites excluding steroid dienone is 1. The van der Waals surface area contributed by atoms with Crippen molar-refractivity contribution in [2.75, 3.05) is 0 Å². The van der Waals surface area contributed by atoms with Crippen molar-refractivity contribution >= 4 is 18.2 Å². The van der Waals surface area contributed by atoms with Crippen LogP contribution >= 0.6 is 0 Å². The molecule has 0 fully saturated rings. The van der Waals surface area contributed by atoms with E-state index in [1.165, 1.54) is 11.1 Å². The lowest BCUT2D eigenvalue weighted by atomic mass is 10.1. The zero-order valence-electron chi connectivity index (χ0n) is 10.2. The second-order valence-electron chi connectivity index (χ2n) is 3.98. The van der Waals surface area contributed by atoms with Gasteiger partial charge in [0.15, 0.2) is 0 Å². The Balaban J connectivity index is 2.11. The Bertz CT molecular complexity index is 527. The summed E-state index contributed by atoms with van der Waals surface area (Å²) in [6.45, 7) is 4.06. The second kappa shape index (κ2) is 5.35. The highest BCUT2D eigenvalue weighted by atomic mass is 16.3. The van der Waals surface area contributed by atoms with Crippen LogP contribution in [-0.4, -0.2) is 0 Å². The molecule has 2 rings (SSSR count). The summed E-state index contributed by atoms with van der Waals surface area (Å²) >= 11 is 0. The Morgan fingerprint density at radius 1 is 0.824 bits per heavy atom. The molecule has 0 saturated heterocycles. The van der Waals surface area contributed by atoms with Crippen LogP contribution in [0.2, 0.25) is 0 Å². The lowest BCUT2D eigenvalue weighted by molar-refractivity contribution is 0.547. The fourth-order valence-corrected chi connectivity index (χ4v) is 1.57. The van der Waals surface area contributed by atoms with Crippen LogP contribution in [0.15, 0.2) is 46.9 Å². The standard InChI is InChI=1S/C16H16O/c1-3-4-15-11-12-16(17-15)10-9-14-7-5-13(2)6-8-14/h3-12H,1-2H3/b4-3+,10-9+. The molecule has 1 heterocycles. The molecule has 0 aliphatic heterocycles. The molecule has 1 aromatic carbocycles. The molecule has 0 N–H and O–H groups in total. The predicted molar refractivity (Wildman–Crippen MR) is 73.5 cm³/mol. The zero-order chi connectivity index (χ0) is 12.1. The minimum absolute atomic E-state index is 0.874. The average Bonchev–Trinajstić information content (AvgIpc) is 2.77. The molecule has 1 nitrogen and oxygen atoms in total. The number of hydrogen-bond donors (Lipinski definition) is 0. The van der Waals surface area contributed by atoms with Crippen LogP contribution < -0.4 is 0 Å². The number of furan rings is 1. The third-order valence-corrected chi connectivity index (χ3v) is 2.50. The van der Waals surface area contributed by atoms with Gasteiger partial charge in [0.25, 0.3) is 0 Å². The van der Waals surface area contributed by atoms with E-state index in [4.69, 9.17) is 4.42 Å². The van der Waals surface area contributed by atoms with E-state index < -0.39 is 0 Å². The summed E-state index contributed by atoms with van der Waals surface area (Å²) in [4.78, 5) is 0. The second-order valence-corrected chi connectivity index (χ2v) is 3.98. The monoisotopic (exact) mass is 224 g/mol. The van der Waals surface area contributed by atoms with E-state index in [0.29, 0.717) is 0 Å². The fourth-order valence-electron chi connectivity index (χ4n) is 1.57. The fraction of sp³-hybridized carbons (Fsp3) is 0.125. The van der Waals surface area contributed by atoms with Crippen LogP contribution in [0.25, 0.3) is 18.2 Å². The molecule has 0 saturated carbocycles. The molecule has 1 aromatic heterocycles. The van der Waals surface area contributed by atoms with Gasteiger partial charge in [0.1, 0.15) is 11.5 Å². The van der Waals surface area contributed by atoms with Gasteiger partial charge < -0.3 is 4.42 Å². The maximum atomic E-state index is 5.60. The molecule has 17 heavy (non-hydrogen) atoms. The molecule has 0 bridgehead atoms. The van der Waals surface area contributed by atoms with E-state index in [2.05, 4.69) is 37.3 Å². The van der Waals surface area contributed by atoms with Gasteiger partial charge in [-0.2, -0.15) is 0 Å². The van der Waals surface area contributed by atoms with Gasteiger partial charge in [0.05, 0.1) is 0 Å². The van der Waals surface area contributed by atoms with E-state index in [-0.39, 0.29) is 0 Å². The van der Waals surface area contributed by atoms with Crippen LogP contribution in [0, 0.1) is 6.92 Å². The van der Waals surface area contributed by atoms with Crippen molar-refractivity contribution in [3.8, 4) is 0 Å². The highest BCUT2D eigenvalue weighted by molar-refractivity contribution is 5.67. The minimum Gasteiger partial charge on any atom is -0.457 e. The molecule has 86 valence electrons. The number of aryl methyl sites for hydroxylation is 1. The van der Waals surface area contributed by atoms with E-state index in [1.807, 2.05) is 37.3 Å². The SMILES string of the molecule is C/C=C/c1ccc(/C=C/c2ccc(C)cc2)o1. The van der Waals surface area contributed by atoms with Crippen LogP contribution in [0.1, 0.15) is 29.6 Å². The third-order valence-electron chi connectivity index (χ3n) is 2.50. The Kier molecular flexibility index (Phi) is 3.61. The predicted octanol–water partition coefficient (Wildman–Crippen LogP) is 4.79. The van der Waals surface area contributed by atoms with E-state index in [1.54, 1.807) is 0 Å². The first-order valence-electron chi connectivity index (χ1n) is 5.75. The maximum Gasteiger partial charge on any atom is 0.127 e. The Morgan fingerprint density at radius 2 is 1.47 bits per heavy atom. The Labute approximate surface area is 102 Å². The molecule has 0 radical (unpaired) electrons. The molecule has 0 aliphatic rings. The van der Waals surface area contributed by atoms with Gasteiger partial charge in [-0.15, -0.1) is 0 Å². The van der Waals surface area contributed by atoms with Crippen molar-refractivity contribution < 1.29 is 4.42 Å². The quantitative estimate of drug-likeness (QED) is 0.730. The van der Waals surface area contributed by atoms with Crippen molar-refractivity contribution in [1.82, 2.24) is 0 Å². The van der Waals surface area contributed by atoms with Crippen LogP contribution in [0.5, 0.6) is 0 Å². The van der Waals surface area contributed by atoms with Gasteiger partial charge in [-0.25, -0.2) is 0 Å². The molecule has 0 spiro atoms. The number of rotatable bonds is 3. The highest BCUT2D eigenvalue weighted by Crippen LogP contribution is 2.13. The highest BCUT2D eigenvalue weighted by Gasteiger charge is 1.94. The van der Waals surface area contributed by atoms with Crippen molar-refractivity contribution in [2.24, 2.45) is 0 Å². The number of benzene rings is 1. The van der Waals surface area contributed by atoms with Crippen molar-refractivity contribution in [3.05, 3.63) is 65.1 Å². The van der Waals surface area contributed by atoms with Crippen molar-refractivity contribution in [1.29, 1.82) is 0 Å². The average molecular weight is 224 g/mol. The largest absolute Gasteiger partial charge is 0.457 e. The van der Waals surface area contributed by atoms with Crippen molar-refractivity contribution in [3.63, 3.8) is 0 Å². The lowest BCUT2D eigenvalue weighted by Gasteiger charge is -1.93. The molecule has 1 heteroatoms. The van der Waals surface area contributed by atoms with Crippen LogP contribution in [0.3, 0.4) is 0 Å². The van der Waals surface area contributed by atoms with Gasteiger partial charge in [0, 0.05) is 0 Å². The van der Waals surface area contributed by atoms with Gasteiger partial charge in [0.2, 0.25) is 0 Å². The zero-order valence-corrected chi connectivity index (χ0v) is 10.2. The Morgan fingerprint density at radius 3 is 2.12 bits per heavy atom. The van der Waals surface area contributed by atoms with E-state index >= 15 is 0 Å². The molecule has 0 unspecified atom stereocenters. The summed E-state index contributed by atoms with van der Waals surface area (Å²) in [5, 5.41) is 0. The van der Waals surface area contributed by atoms with Gasteiger partial charge in [-0.05, 0) is 43.7 Å². The molecule has 0 aliphatic carbocycles. The smallest absolute Gasteiger partial charge is 0.127 e. The Hall–Kier alpha value is -2.02. The summed E-state index contributed by atoms with van der Waals surface area (Å²) in [5.74, 6) is 1.76. The molecular formula is C16H16O. The van der Waals surface area contributed by atoms with Crippen LogP contribution in [0.4, 0.5) is 0 Å². The number of hydrogen-bond acceptors (Lipinski definition) is 1. The summed E-state index contributed by atoms with van der Waals surface area (Å²) < 4.78 is 5.60. The molecule has 2 aromatic rings. The topological polar surface area (TPSA) is 13.1 Å². The summed E-state index contributed by atoms with van der Waals surface area (Å²) in [5.41, 5.74) is 2.45. The summed E-state index contributed by atoms with van der Waals surface area (Å²) in [6, 6.07) is 12.3. The normalized spacial score (nSPS) is 11.6. The van der Waals surface area contributed by atoms with E-state index in [0.717, 1.165) is 11.5 Å². The maximum absolute atomic E-state index is 5.60. The van der Waals surface area contributed by atoms with Gasteiger partial charge in [-0.1, -0.05) is 42.0 Å². The van der Waals surface area contributed by atoms with Gasteiger partial charge in [-0.3, -0.25) is 0 Å². The van der Waals surface area contributed by atoms with E-state index in [9.17, 15) is 0 Å². The first-order chi connectivity index (χ1) is 8.28. The first kappa shape index (κ1) is 11.5. The lowest BCUT2D eigenvalue weighted by Crippen LogP contribution is -1.73. The van der Waals surface area contributed by atoms with Gasteiger partial charge >= 0.3 is 0 Å².